The van der Waals surface area contributed by atoms with E-state index in [9.17, 15) is 9.59 Å². The number of hydrogen-bond donors (Lipinski definition) is 2. The molecule has 8 heteroatoms. The summed E-state index contributed by atoms with van der Waals surface area (Å²) in [4.78, 5) is 28.6. The van der Waals surface area contributed by atoms with Crippen LogP contribution in [0.4, 0.5) is 4.79 Å². The molecule has 3 N–H and O–H groups in total. The van der Waals surface area contributed by atoms with E-state index >= 15 is 0 Å². The van der Waals surface area contributed by atoms with Crippen molar-refractivity contribution in [3.63, 3.8) is 0 Å². The third kappa shape index (κ3) is 5.58. The third-order valence-corrected chi connectivity index (χ3v) is 4.40. The number of carbonyl (C=O) groups is 2. The minimum absolute atomic E-state index is 0.0103. The zero-order chi connectivity index (χ0) is 18.9. The zero-order valence-corrected chi connectivity index (χ0v) is 15.3. The number of amides is 3. The predicted molar refractivity (Wildman–Crippen MR) is 98.6 cm³/mol. The van der Waals surface area contributed by atoms with Gasteiger partial charge in [0.2, 0.25) is 5.91 Å². The molecule has 26 heavy (non-hydrogen) atoms. The van der Waals surface area contributed by atoms with Crippen LogP contribution in [0.5, 0.6) is 0 Å². The number of primary amides is 1. The number of hydrogen-bond acceptors (Lipinski definition) is 4. The highest BCUT2D eigenvalue weighted by molar-refractivity contribution is 5.76. The summed E-state index contributed by atoms with van der Waals surface area (Å²) in [6.07, 6.45) is 6.12. The first kappa shape index (κ1) is 19.4. The lowest BCUT2D eigenvalue weighted by molar-refractivity contribution is -0.131. The molecular weight excluding hydrogens is 332 g/mol. The lowest BCUT2D eigenvalue weighted by atomic mass is 10.1. The quantitative estimate of drug-likeness (QED) is 0.669. The Hall–Kier alpha value is -2.90. The summed E-state index contributed by atoms with van der Waals surface area (Å²) in [5, 5.41) is 6.64. The van der Waals surface area contributed by atoms with Gasteiger partial charge in [-0.25, -0.2) is 14.5 Å². The summed E-state index contributed by atoms with van der Waals surface area (Å²) in [6.45, 7) is 2.56. The average Bonchev–Trinajstić information content (AvgIpc) is 3.17. The van der Waals surface area contributed by atoms with Gasteiger partial charge in [0.05, 0.1) is 11.7 Å². The van der Waals surface area contributed by atoms with Gasteiger partial charge in [-0.3, -0.25) is 4.79 Å². The van der Waals surface area contributed by atoms with E-state index in [0.29, 0.717) is 13.0 Å². The molecule has 0 saturated heterocycles. The number of nitrogens with two attached hydrogens (primary N) is 1. The van der Waals surface area contributed by atoms with Gasteiger partial charge in [-0.05, 0) is 37.5 Å². The summed E-state index contributed by atoms with van der Waals surface area (Å²) in [5.74, 6) is 0.112. The number of nitrogens with one attached hydrogen (secondary N) is 1. The number of benzene rings is 1. The zero-order valence-electron chi connectivity index (χ0n) is 15.3. The Balaban J connectivity index is 1.79. The Morgan fingerprint density at radius 3 is 2.58 bits per heavy atom. The molecule has 1 atom stereocenters. The molecule has 1 aromatic heterocycles. The van der Waals surface area contributed by atoms with Gasteiger partial charge < -0.3 is 16.0 Å². The first-order chi connectivity index (χ1) is 12.5. The number of unbranched alkanes of at least 4 members (excludes halogenated alkanes) is 2. The van der Waals surface area contributed by atoms with E-state index in [0.717, 1.165) is 30.5 Å². The maximum atomic E-state index is 12.4. The van der Waals surface area contributed by atoms with Crippen LogP contribution in [0.3, 0.4) is 0 Å². The van der Waals surface area contributed by atoms with Crippen molar-refractivity contribution in [1.29, 1.82) is 0 Å². The minimum Gasteiger partial charge on any atom is -0.352 e. The van der Waals surface area contributed by atoms with Gasteiger partial charge in [0.25, 0.3) is 0 Å². The second kappa shape index (κ2) is 9.55. The molecule has 2 aromatic rings. The Kier molecular flexibility index (Phi) is 7.13. The number of carbonyl (C=O) groups excluding carboxylic acids is 2. The number of nitrogens with zero attached hydrogens (tertiary/aromatic N) is 4. The van der Waals surface area contributed by atoms with Gasteiger partial charge in [-0.1, -0.05) is 18.6 Å². The van der Waals surface area contributed by atoms with Gasteiger partial charge in [0.15, 0.2) is 0 Å². The van der Waals surface area contributed by atoms with E-state index in [4.69, 9.17) is 5.73 Å². The van der Waals surface area contributed by atoms with Crippen LogP contribution in [-0.4, -0.2) is 45.2 Å². The van der Waals surface area contributed by atoms with Crippen LogP contribution < -0.4 is 11.1 Å². The number of aromatic nitrogens is 3. The van der Waals surface area contributed by atoms with Crippen molar-refractivity contribution in [2.24, 2.45) is 5.73 Å². The fourth-order valence-electron chi connectivity index (χ4n) is 2.65. The van der Waals surface area contributed by atoms with Crippen molar-refractivity contribution in [2.45, 2.75) is 38.6 Å². The molecule has 0 fully saturated rings. The topological polar surface area (TPSA) is 106 Å². The van der Waals surface area contributed by atoms with Crippen molar-refractivity contribution in [3.8, 4) is 5.69 Å². The molecule has 2 rings (SSSR count). The fourth-order valence-corrected chi connectivity index (χ4v) is 2.65. The highest BCUT2D eigenvalue weighted by Crippen LogP contribution is 2.21. The Labute approximate surface area is 153 Å². The first-order valence-electron chi connectivity index (χ1n) is 8.73. The van der Waals surface area contributed by atoms with E-state index in [2.05, 4.69) is 15.4 Å². The van der Waals surface area contributed by atoms with Crippen LogP contribution in [-0.2, 0) is 4.79 Å². The third-order valence-electron chi connectivity index (χ3n) is 4.40. The molecule has 140 valence electrons. The van der Waals surface area contributed by atoms with E-state index in [1.165, 1.54) is 6.33 Å². The fraction of sp³-hybridized carbons (Fsp3) is 0.444. The number of urea groups is 1. The summed E-state index contributed by atoms with van der Waals surface area (Å²) in [7, 11) is 1.83. The molecule has 1 aromatic carbocycles. The SMILES string of the molecule is C[C@H](c1ccc(-n2cncn2)cc1)N(C)C(=O)CCCCCNC(N)=O. The monoisotopic (exact) mass is 358 g/mol. The molecule has 8 nitrogen and oxygen atoms in total. The highest BCUT2D eigenvalue weighted by Gasteiger charge is 2.17. The van der Waals surface area contributed by atoms with Crippen LogP contribution in [0.25, 0.3) is 5.69 Å². The van der Waals surface area contributed by atoms with Crippen LogP contribution in [0.2, 0.25) is 0 Å². The van der Waals surface area contributed by atoms with Gasteiger partial charge in [-0.2, -0.15) is 5.10 Å². The molecular formula is C18H26N6O2. The van der Waals surface area contributed by atoms with Crippen molar-refractivity contribution in [1.82, 2.24) is 25.0 Å². The average molecular weight is 358 g/mol. The molecule has 0 unspecified atom stereocenters. The molecule has 1 heterocycles. The molecule has 0 radical (unpaired) electrons. The van der Waals surface area contributed by atoms with Crippen molar-refractivity contribution in [2.75, 3.05) is 13.6 Å². The minimum atomic E-state index is -0.510. The molecule has 0 spiro atoms. The van der Waals surface area contributed by atoms with Crippen molar-refractivity contribution < 1.29 is 9.59 Å². The summed E-state index contributed by atoms with van der Waals surface area (Å²) < 4.78 is 1.69. The molecule has 0 aliphatic rings. The van der Waals surface area contributed by atoms with E-state index < -0.39 is 6.03 Å². The van der Waals surface area contributed by atoms with Gasteiger partial charge in [0, 0.05) is 20.0 Å². The van der Waals surface area contributed by atoms with Crippen molar-refractivity contribution in [3.05, 3.63) is 42.5 Å². The Morgan fingerprint density at radius 2 is 1.96 bits per heavy atom. The normalized spacial score (nSPS) is 11.8. The maximum absolute atomic E-state index is 12.4. The first-order valence-corrected chi connectivity index (χ1v) is 8.73. The second-order valence-electron chi connectivity index (χ2n) is 6.21. The molecule has 0 aliphatic heterocycles. The second-order valence-corrected chi connectivity index (χ2v) is 6.21. The lowest BCUT2D eigenvalue weighted by Gasteiger charge is -2.25. The van der Waals surface area contributed by atoms with Gasteiger partial charge in [0.1, 0.15) is 12.7 Å². The summed E-state index contributed by atoms with van der Waals surface area (Å²) in [5.41, 5.74) is 6.99. The Morgan fingerprint density at radius 1 is 1.23 bits per heavy atom. The van der Waals surface area contributed by atoms with Gasteiger partial charge in [-0.15, -0.1) is 0 Å². The van der Waals surface area contributed by atoms with Gasteiger partial charge >= 0.3 is 6.03 Å². The van der Waals surface area contributed by atoms with E-state index in [1.807, 2.05) is 38.2 Å². The number of rotatable bonds is 9. The summed E-state index contributed by atoms with van der Waals surface area (Å²) in [6, 6.07) is 7.41. The smallest absolute Gasteiger partial charge is 0.312 e. The van der Waals surface area contributed by atoms with E-state index in [1.54, 1.807) is 15.9 Å². The van der Waals surface area contributed by atoms with Crippen LogP contribution >= 0.6 is 0 Å². The standard InChI is InChI=1S/C18H26N6O2/c1-14(15-7-9-16(10-8-15)24-13-20-12-22-24)23(2)17(25)6-4-3-5-11-21-18(19)26/h7-10,12-14H,3-6,11H2,1-2H3,(H3,19,21,26)/t14-/m1/s1. The molecule has 0 bridgehead atoms. The lowest BCUT2D eigenvalue weighted by Crippen LogP contribution is -2.30. The maximum Gasteiger partial charge on any atom is 0.312 e. The molecule has 3 amide bonds. The summed E-state index contributed by atoms with van der Waals surface area (Å²) >= 11 is 0. The largest absolute Gasteiger partial charge is 0.352 e. The van der Waals surface area contributed by atoms with Crippen LogP contribution in [0.1, 0.15) is 44.2 Å². The molecule has 0 saturated carbocycles. The molecule has 0 aliphatic carbocycles. The van der Waals surface area contributed by atoms with E-state index in [-0.39, 0.29) is 11.9 Å². The van der Waals surface area contributed by atoms with Crippen LogP contribution in [0, 0.1) is 0 Å². The highest BCUT2D eigenvalue weighted by atomic mass is 16.2. The van der Waals surface area contributed by atoms with Crippen LogP contribution in [0.15, 0.2) is 36.9 Å². The predicted octanol–water partition coefficient (Wildman–Crippen LogP) is 2.02. The van der Waals surface area contributed by atoms with Crippen molar-refractivity contribution >= 4 is 11.9 Å². The Bertz CT molecular complexity index is 699.